The van der Waals surface area contributed by atoms with E-state index in [2.05, 4.69) is 10.6 Å². The molecule has 0 aromatic heterocycles. The number of fused-ring (bicyclic) bond motifs is 1. The van der Waals surface area contributed by atoms with Gasteiger partial charge in [0.2, 0.25) is 5.91 Å². The standard InChI is InChI=1S/C34H45N3O4/c1-10-23(3)28(36-32(40)41-34(7,8)9)31(39)37(33(4,5)6)29(26-17-13-14-22(2)20-26)30(38)35-27-19-18-24-15-11-12-16-25(24)21-27/h11-21,23,28-29H,10H2,1-9H3,(H,35,38)(H,36,40). The zero-order valence-electron chi connectivity index (χ0n) is 25.9. The Bertz CT molecular complexity index is 1390. The van der Waals surface area contributed by atoms with Crippen molar-refractivity contribution in [3.8, 4) is 0 Å². The van der Waals surface area contributed by atoms with Gasteiger partial charge < -0.3 is 20.3 Å². The lowest BCUT2D eigenvalue weighted by Gasteiger charge is -2.44. The first-order valence-electron chi connectivity index (χ1n) is 14.3. The van der Waals surface area contributed by atoms with E-state index in [0.29, 0.717) is 17.7 Å². The van der Waals surface area contributed by atoms with Crippen LogP contribution in [0.15, 0.2) is 66.7 Å². The summed E-state index contributed by atoms with van der Waals surface area (Å²) >= 11 is 0. The van der Waals surface area contributed by atoms with E-state index in [1.807, 2.05) is 108 Å². The smallest absolute Gasteiger partial charge is 0.408 e. The van der Waals surface area contributed by atoms with Gasteiger partial charge in [-0.05, 0) is 82.9 Å². The summed E-state index contributed by atoms with van der Waals surface area (Å²) in [6, 6.07) is 19.5. The van der Waals surface area contributed by atoms with Crippen molar-refractivity contribution in [2.24, 2.45) is 5.92 Å². The maximum absolute atomic E-state index is 14.5. The van der Waals surface area contributed by atoms with Gasteiger partial charge in [0.15, 0.2) is 0 Å². The van der Waals surface area contributed by atoms with Crippen LogP contribution in [0.4, 0.5) is 10.5 Å². The van der Waals surface area contributed by atoms with Crippen molar-refractivity contribution in [2.45, 2.75) is 92.0 Å². The van der Waals surface area contributed by atoms with Crippen LogP contribution in [0, 0.1) is 12.8 Å². The van der Waals surface area contributed by atoms with Crippen LogP contribution in [0.1, 0.15) is 79.0 Å². The number of hydrogen-bond acceptors (Lipinski definition) is 4. The Morgan fingerprint density at radius 1 is 0.878 bits per heavy atom. The third kappa shape index (κ3) is 8.32. The van der Waals surface area contributed by atoms with E-state index in [9.17, 15) is 14.4 Å². The molecule has 3 aromatic carbocycles. The Morgan fingerprint density at radius 3 is 2.12 bits per heavy atom. The molecule has 0 aliphatic carbocycles. The van der Waals surface area contributed by atoms with E-state index in [-0.39, 0.29) is 17.7 Å². The summed E-state index contributed by atoms with van der Waals surface area (Å²) < 4.78 is 5.50. The number of nitrogens with zero attached hydrogens (tertiary/aromatic N) is 1. The number of anilines is 1. The van der Waals surface area contributed by atoms with Crippen LogP contribution in [-0.4, -0.2) is 40.0 Å². The van der Waals surface area contributed by atoms with E-state index >= 15 is 0 Å². The highest BCUT2D eigenvalue weighted by atomic mass is 16.6. The van der Waals surface area contributed by atoms with Crippen molar-refractivity contribution in [1.29, 1.82) is 0 Å². The Labute approximate surface area is 244 Å². The molecule has 220 valence electrons. The topological polar surface area (TPSA) is 87.7 Å². The normalized spacial score (nSPS) is 14.1. The van der Waals surface area contributed by atoms with Crippen LogP contribution in [-0.2, 0) is 14.3 Å². The lowest BCUT2D eigenvalue weighted by atomic mass is 9.91. The fraction of sp³-hybridized carbons (Fsp3) is 0.441. The second-order valence-electron chi connectivity index (χ2n) is 12.8. The second-order valence-corrected chi connectivity index (χ2v) is 12.8. The van der Waals surface area contributed by atoms with Gasteiger partial charge in [-0.25, -0.2) is 4.79 Å². The molecular weight excluding hydrogens is 514 g/mol. The van der Waals surface area contributed by atoms with Crippen molar-refractivity contribution < 1.29 is 19.1 Å². The van der Waals surface area contributed by atoms with Gasteiger partial charge in [-0.1, -0.05) is 80.4 Å². The zero-order valence-corrected chi connectivity index (χ0v) is 25.9. The molecule has 0 bridgehead atoms. The molecule has 3 aromatic rings. The minimum Gasteiger partial charge on any atom is -0.444 e. The first-order chi connectivity index (χ1) is 19.1. The molecule has 3 unspecified atom stereocenters. The van der Waals surface area contributed by atoms with Gasteiger partial charge in [0, 0.05) is 11.2 Å². The van der Waals surface area contributed by atoms with Crippen LogP contribution in [0.2, 0.25) is 0 Å². The highest BCUT2D eigenvalue weighted by Gasteiger charge is 2.43. The minimum atomic E-state index is -0.958. The van der Waals surface area contributed by atoms with Crippen molar-refractivity contribution in [3.05, 3.63) is 77.9 Å². The zero-order chi connectivity index (χ0) is 30.5. The van der Waals surface area contributed by atoms with Crippen molar-refractivity contribution in [1.82, 2.24) is 10.2 Å². The number of hydrogen-bond donors (Lipinski definition) is 2. The molecule has 0 fully saturated rings. The number of carbonyl (C=O) groups excluding carboxylic acids is 3. The number of ether oxygens (including phenoxy) is 1. The molecule has 7 heteroatoms. The fourth-order valence-electron chi connectivity index (χ4n) is 4.85. The highest BCUT2D eigenvalue weighted by Crippen LogP contribution is 2.33. The van der Waals surface area contributed by atoms with Crippen LogP contribution in [0.3, 0.4) is 0 Å². The summed E-state index contributed by atoms with van der Waals surface area (Å²) in [5.74, 6) is -0.895. The Morgan fingerprint density at radius 2 is 1.54 bits per heavy atom. The summed E-state index contributed by atoms with van der Waals surface area (Å²) in [4.78, 5) is 43.2. The Hall–Kier alpha value is -3.87. The number of alkyl carbamates (subject to hydrolysis) is 1. The molecule has 0 aliphatic rings. The average molecular weight is 560 g/mol. The predicted molar refractivity (Wildman–Crippen MR) is 166 cm³/mol. The molecule has 0 radical (unpaired) electrons. The van der Waals surface area contributed by atoms with Gasteiger partial charge >= 0.3 is 6.09 Å². The second kappa shape index (κ2) is 12.8. The molecule has 0 saturated carbocycles. The van der Waals surface area contributed by atoms with Gasteiger partial charge in [-0.2, -0.15) is 0 Å². The lowest BCUT2D eigenvalue weighted by molar-refractivity contribution is -0.147. The first-order valence-corrected chi connectivity index (χ1v) is 14.3. The van der Waals surface area contributed by atoms with E-state index in [1.54, 1.807) is 25.7 Å². The van der Waals surface area contributed by atoms with Gasteiger partial charge in [0.05, 0.1) is 0 Å². The van der Waals surface area contributed by atoms with Gasteiger partial charge in [0.25, 0.3) is 5.91 Å². The van der Waals surface area contributed by atoms with Crippen molar-refractivity contribution in [2.75, 3.05) is 5.32 Å². The van der Waals surface area contributed by atoms with Crippen LogP contribution in [0.25, 0.3) is 10.8 Å². The molecule has 0 saturated heterocycles. The third-order valence-electron chi connectivity index (χ3n) is 6.99. The molecule has 2 N–H and O–H groups in total. The quantitative estimate of drug-likeness (QED) is 0.301. The molecule has 0 spiro atoms. The number of aryl methyl sites for hydroxylation is 1. The molecule has 0 heterocycles. The molecule has 3 atom stereocenters. The van der Waals surface area contributed by atoms with Gasteiger partial charge in [-0.15, -0.1) is 0 Å². The summed E-state index contributed by atoms with van der Waals surface area (Å²) in [6.07, 6.45) is -0.0273. The molecule has 0 aliphatic heterocycles. The van der Waals surface area contributed by atoms with Gasteiger partial charge in [-0.3, -0.25) is 9.59 Å². The summed E-state index contributed by atoms with van der Waals surface area (Å²) in [6.45, 7) is 16.9. The maximum atomic E-state index is 14.5. The number of rotatable bonds is 8. The van der Waals surface area contributed by atoms with E-state index in [4.69, 9.17) is 4.74 Å². The lowest BCUT2D eigenvalue weighted by Crippen LogP contribution is -2.59. The number of benzene rings is 3. The predicted octanol–water partition coefficient (Wildman–Crippen LogP) is 7.39. The number of nitrogens with one attached hydrogen (secondary N) is 2. The molecule has 41 heavy (non-hydrogen) atoms. The van der Waals surface area contributed by atoms with Crippen molar-refractivity contribution in [3.63, 3.8) is 0 Å². The average Bonchev–Trinajstić information content (AvgIpc) is 2.87. The Balaban J connectivity index is 2.08. The van der Waals surface area contributed by atoms with E-state index in [0.717, 1.165) is 16.3 Å². The maximum Gasteiger partial charge on any atom is 0.408 e. The highest BCUT2D eigenvalue weighted by molar-refractivity contribution is 6.00. The third-order valence-corrected chi connectivity index (χ3v) is 6.99. The fourth-order valence-corrected chi connectivity index (χ4v) is 4.85. The number of carbonyl (C=O) groups is 3. The summed E-state index contributed by atoms with van der Waals surface area (Å²) in [5, 5.41) is 7.95. The summed E-state index contributed by atoms with van der Waals surface area (Å²) in [7, 11) is 0. The van der Waals surface area contributed by atoms with Gasteiger partial charge in [0.1, 0.15) is 17.7 Å². The molecule has 7 nitrogen and oxygen atoms in total. The number of amides is 3. The SMILES string of the molecule is CCC(C)C(NC(=O)OC(C)(C)C)C(=O)N(C(C(=O)Nc1ccc2ccccc2c1)c1cccc(C)c1)C(C)(C)C. The van der Waals surface area contributed by atoms with Crippen LogP contribution < -0.4 is 10.6 Å². The molecule has 3 rings (SSSR count). The molecular formula is C34H45N3O4. The van der Waals surface area contributed by atoms with Crippen LogP contribution >= 0.6 is 0 Å². The Kier molecular flexibility index (Phi) is 9.85. The van der Waals surface area contributed by atoms with Crippen LogP contribution in [0.5, 0.6) is 0 Å². The van der Waals surface area contributed by atoms with E-state index < -0.39 is 29.3 Å². The minimum absolute atomic E-state index is 0.207. The first kappa shape index (κ1) is 31.7. The monoisotopic (exact) mass is 559 g/mol. The van der Waals surface area contributed by atoms with E-state index in [1.165, 1.54) is 0 Å². The largest absolute Gasteiger partial charge is 0.444 e. The molecule has 3 amide bonds. The summed E-state index contributed by atoms with van der Waals surface area (Å²) in [5.41, 5.74) is 0.802. The van der Waals surface area contributed by atoms with Crippen molar-refractivity contribution >= 4 is 34.4 Å².